The Morgan fingerprint density at radius 3 is 2.44 bits per heavy atom. The second-order valence-corrected chi connectivity index (χ2v) is 10.7. The number of rotatable bonds is 11. The van der Waals surface area contributed by atoms with E-state index in [1.165, 1.54) is 4.31 Å². The highest BCUT2D eigenvalue weighted by Gasteiger charge is 2.52. The van der Waals surface area contributed by atoms with Gasteiger partial charge in [-0.2, -0.15) is 17.0 Å². The first-order valence-corrected chi connectivity index (χ1v) is 11.5. The molecule has 27 heavy (non-hydrogen) atoms. The summed E-state index contributed by atoms with van der Waals surface area (Å²) < 4.78 is 29.9. The zero-order chi connectivity index (χ0) is 20.5. The van der Waals surface area contributed by atoms with Crippen molar-refractivity contribution in [2.75, 3.05) is 19.6 Å². The van der Waals surface area contributed by atoms with E-state index >= 15 is 0 Å². The molecule has 6 N–H and O–H groups in total. The van der Waals surface area contributed by atoms with E-state index in [1.807, 2.05) is 20.8 Å². The molecular weight excluding hydrogens is 367 g/mol. The molecule has 8 nitrogen and oxygen atoms in total. The van der Waals surface area contributed by atoms with E-state index in [0.29, 0.717) is 25.9 Å². The molecule has 158 valence electrons. The summed E-state index contributed by atoms with van der Waals surface area (Å²) in [6.45, 7) is 6.95. The summed E-state index contributed by atoms with van der Waals surface area (Å²) in [5, 5.41) is 18.1. The minimum Gasteiger partial charge on any atom is -0.427 e. The van der Waals surface area contributed by atoms with Crippen molar-refractivity contribution in [3.63, 3.8) is 0 Å². The van der Waals surface area contributed by atoms with Gasteiger partial charge in [-0.05, 0) is 51.8 Å². The van der Waals surface area contributed by atoms with E-state index in [-0.39, 0.29) is 24.8 Å². The maximum absolute atomic E-state index is 13.4. The fourth-order valence-electron chi connectivity index (χ4n) is 3.99. The van der Waals surface area contributed by atoms with E-state index in [2.05, 4.69) is 0 Å². The van der Waals surface area contributed by atoms with E-state index < -0.39 is 28.4 Å². The van der Waals surface area contributed by atoms with Gasteiger partial charge in [-0.15, -0.1) is 0 Å². The quantitative estimate of drug-likeness (QED) is 0.362. The van der Waals surface area contributed by atoms with Gasteiger partial charge >= 0.3 is 7.12 Å². The lowest BCUT2D eigenvalue weighted by Crippen LogP contribution is -2.55. The lowest BCUT2D eigenvalue weighted by molar-refractivity contribution is 0.260. The Morgan fingerprint density at radius 2 is 1.93 bits per heavy atom. The van der Waals surface area contributed by atoms with Gasteiger partial charge in [-0.1, -0.05) is 19.8 Å². The predicted octanol–water partition coefficient (Wildman–Crippen LogP) is 0.115. The minimum absolute atomic E-state index is 0.0119. The fraction of sp³-hybridized carbons (Fsp3) is 1.00. The number of nitrogens with two attached hydrogens (primary N) is 2. The van der Waals surface area contributed by atoms with Gasteiger partial charge in [0.1, 0.15) is 0 Å². The Bertz CT molecular complexity index is 598. The highest BCUT2D eigenvalue weighted by molar-refractivity contribution is 7.86. The van der Waals surface area contributed by atoms with E-state index in [0.717, 1.165) is 25.7 Å². The fourth-order valence-corrected chi connectivity index (χ4v) is 6.07. The molecule has 2 rings (SSSR count). The molecule has 2 fully saturated rings. The number of hydrogen-bond donors (Lipinski definition) is 4. The highest BCUT2D eigenvalue weighted by Crippen LogP contribution is 2.40. The monoisotopic (exact) mass is 404 g/mol. The minimum atomic E-state index is -3.65. The first-order valence-electron chi connectivity index (χ1n) is 10.1. The molecule has 0 aromatic rings. The standard InChI is InChI=1S/C17H37BN4O4S/c1-4-5-11-22(14(2)17(20)8-9-17)27(25,26)21-12-15(16(3,19)13-21)7-6-10-18(23)24/h14-15,23-24H,4-13,19-20H2,1-3H3/t14?,15-,16-/m0/s1. The van der Waals surface area contributed by atoms with Crippen LogP contribution in [0.25, 0.3) is 0 Å². The molecule has 0 amide bonds. The van der Waals surface area contributed by atoms with Crippen LogP contribution in [0.15, 0.2) is 0 Å². The van der Waals surface area contributed by atoms with Crippen molar-refractivity contribution < 1.29 is 18.5 Å². The van der Waals surface area contributed by atoms with Gasteiger partial charge in [0, 0.05) is 36.8 Å². The molecule has 0 spiro atoms. The predicted molar refractivity (Wildman–Crippen MR) is 108 cm³/mol. The number of unbranched alkanes of at least 4 members (excludes halogenated alkanes) is 1. The van der Waals surface area contributed by atoms with Crippen LogP contribution >= 0.6 is 0 Å². The average molecular weight is 404 g/mol. The van der Waals surface area contributed by atoms with Gasteiger partial charge < -0.3 is 21.5 Å². The van der Waals surface area contributed by atoms with Crippen LogP contribution in [0.4, 0.5) is 0 Å². The molecule has 1 aliphatic heterocycles. The largest absolute Gasteiger partial charge is 0.451 e. The molecule has 0 aromatic carbocycles. The van der Waals surface area contributed by atoms with Crippen LogP contribution in [0.3, 0.4) is 0 Å². The zero-order valence-corrected chi connectivity index (χ0v) is 17.8. The first-order chi connectivity index (χ1) is 12.4. The third-order valence-electron chi connectivity index (χ3n) is 6.33. The Labute approximate surface area is 164 Å². The van der Waals surface area contributed by atoms with Crippen LogP contribution in [0.1, 0.15) is 59.3 Å². The Balaban J connectivity index is 2.12. The third kappa shape index (κ3) is 5.43. The van der Waals surface area contributed by atoms with Crippen molar-refractivity contribution in [3.8, 4) is 0 Å². The SMILES string of the molecule is CCCCN(C(C)C1(N)CC1)S(=O)(=O)N1C[C@H](CCCB(O)O)[C@@](C)(N)C1. The van der Waals surface area contributed by atoms with Crippen LogP contribution < -0.4 is 11.5 Å². The van der Waals surface area contributed by atoms with Crippen molar-refractivity contribution in [1.82, 2.24) is 8.61 Å². The average Bonchev–Trinajstić information content (AvgIpc) is 3.23. The molecule has 1 saturated carbocycles. The summed E-state index contributed by atoms with van der Waals surface area (Å²) in [6, 6.07) is -0.235. The second kappa shape index (κ2) is 8.65. The van der Waals surface area contributed by atoms with Crippen LogP contribution in [-0.4, -0.2) is 70.9 Å². The van der Waals surface area contributed by atoms with Crippen molar-refractivity contribution in [3.05, 3.63) is 0 Å². The van der Waals surface area contributed by atoms with Gasteiger partial charge in [0.2, 0.25) is 0 Å². The zero-order valence-electron chi connectivity index (χ0n) is 17.0. The van der Waals surface area contributed by atoms with Crippen LogP contribution in [-0.2, 0) is 10.2 Å². The second-order valence-electron chi connectivity index (χ2n) is 8.79. The molecule has 1 heterocycles. The van der Waals surface area contributed by atoms with Gasteiger partial charge in [-0.3, -0.25) is 0 Å². The number of hydrogen-bond acceptors (Lipinski definition) is 6. The van der Waals surface area contributed by atoms with E-state index in [4.69, 9.17) is 21.5 Å². The summed E-state index contributed by atoms with van der Waals surface area (Å²) >= 11 is 0. The van der Waals surface area contributed by atoms with Crippen LogP contribution in [0, 0.1) is 5.92 Å². The summed E-state index contributed by atoms with van der Waals surface area (Å²) in [5.41, 5.74) is 11.7. The molecule has 0 radical (unpaired) electrons. The lowest BCUT2D eigenvalue weighted by Gasteiger charge is -2.35. The Hall–Kier alpha value is -0.225. The van der Waals surface area contributed by atoms with Gasteiger partial charge in [0.05, 0.1) is 0 Å². The maximum Gasteiger partial charge on any atom is 0.451 e. The van der Waals surface area contributed by atoms with Crippen molar-refractivity contribution >= 4 is 17.3 Å². The third-order valence-corrected chi connectivity index (χ3v) is 8.36. The van der Waals surface area contributed by atoms with Crippen molar-refractivity contribution in [1.29, 1.82) is 0 Å². The molecule has 1 unspecified atom stereocenters. The molecule has 1 saturated heterocycles. The molecule has 10 heteroatoms. The Kier molecular flexibility index (Phi) is 7.38. The Morgan fingerprint density at radius 1 is 1.30 bits per heavy atom. The van der Waals surface area contributed by atoms with E-state index in [9.17, 15) is 8.42 Å². The first kappa shape index (κ1) is 23.1. The maximum atomic E-state index is 13.4. The number of nitrogens with zero attached hydrogens (tertiary/aromatic N) is 2. The highest BCUT2D eigenvalue weighted by atomic mass is 32.2. The summed E-state index contributed by atoms with van der Waals surface area (Å²) in [5.74, 6) is -0.0119. The van der Waals surface area contributed by atoms with Gasteiger partial charge in [0.25, 0.3) is 10.2 Å². The van der Waals surface area contributed by atoms with Crippen LogP contribution in [0.5, 0.6) is 0 Å². The molecule has 2 aliphatic rings. The molecular formula is C17H37BN4O4S. The van der Waals surface area contributed by atoms with Gasteiger partial charge in [-0.25, -0.2) is 0 Å². The van der Waals surface area contributed by atoms with Crippen LogP contribution in [0.2, 0.25) is 6.32 Å². The summed E-state index contributed by atoms with van der Waals surface area (Å²) in [4.78, 5) is 0. The molecule has 0 aromatic heterocycles. The van der Waals surface area contributed by atoms with Crippen molar-refractivity contribution in [2.45, 2.75) is 82.7 Å². The van der Waals surface area contributed by atoms with Gasteiger partial charge in [0.15, 0.2) is 0 Å². The lowest BCUT2D eigenvalue weighted by atomic mass is 9.79. The van der Waals surface area contributed by atoms with Crippen molar-refractivity contribution in [2.24, 2.45) is 17.4 Å². The topological polar surface area (TPSA) is 133 Å². The molecule has 0 bridgehead atoms. The summed E-state index contributed by atoms with van der Waals surface area (Å²) in [7, 11) is -4.99. The van der Waals surface area contributed by atoms with E-state index in [1.54, 1.807) is 4.31 Å². The summed E-state index contributed by atoms with van der Waals surface area (Å²) in [6.07, 6.45) is 4.96. The normalized spacial score (nSPS) is 29.3. The molecule has 1 aliphatic carbocycles. The smallest absolute Gasteiger partial charge is 0.427 e. The molecule has 3 atom stereocenters.